The molecule has 0 radical (unpaired) electrons. The number of hydrogen-bond donors (Lipinski definition) is 1. The van der Waals surface area contributed by atoms with Gasteiger partial charge in [-0.15, -0.1) is 6.42 Å². The van der Waals surface area contributed by atoms with Gasteiger partial charge in [0.2, 0.25) is 0 Å². The minimum Gasteiger partial charge on any atom is -0.432 e. The number of benzene rings is 1. The molecule has 0 atom stereocenters. The highest BCUT2D eigenvalue weighted by Gasteiger charge is 2.13. The summed E-state index contributed by atoms with van der Waals surface area (Å²) in [5.41, 5.74) is 0.537. The third-order valence-electron chi connectivity index (χ3n) is 1.60. The van der Waals surface area contributed by atoms with Gasteiger partial charge in [0.1, 0.15) is 0 Å². The third kappa shape index (κ3) is 3.44. The molecule has 0 aliphatic carbocycles. The fourth-order valence-corrected chi connectivity index (χ4v) is 1.59. The fourth-order valence-electron chi connectivity index (χ4n) is 1.02. The van der Waals surface area contributed by atoms with Gasteiger partial charge in [0, 0.05) is 5.69 Å². The highest BCUT2D eigenvalue weighted by molar-refractivity contribution is 6.37. The Morgan fingerprint density at radius 1 is 1.38 bits per heavy atom. The molecule has 0 aliphatic rings. The van der Waals surface area contributed by atoms with Crippen molar-refractivity contribution in [1.29, 1.82) is 0 Å². The number of hydrogen-bond acceptors (Lipinski definition) is 2. The van der Waals surface area contributed by atoms with E-state index in [0.29, 0.717) is 5.69 Å². The molecule has 0 bridgehead atoms. The second kappa shape index (κ2) is 5.78. The van der Waals surface area contributed by atoms with Crippen molar-refractivity contribution in [3.8, 4) is 18.1 Å². The van der Waals surface area contributed by atoms with Crippen LogP contribution in [0.4, 0.5) is 14.5 Å². The molecule has 16 heavy (non-hydrogen) atoms. The second-order valence-corrected chi connectivity index (χ2v) is 3.52. The van der Waals surface area contributed by atoms with Crippen molar-refractivity contribution < 1.29 is 13.5 Å². The van der Waals surface area contributed by atoms with E-state index in [9.17, 15) is 8.78 Å². The molecule has 1 aromatic carbocycles. The molecule has 2 nitrogen and oxygen atoms in total. The fraction of sp³-hybridized carbons (Fsp3) is 0.200. The highest BCUT2D eigenvalue weighted by Crippen LogP contribution is 2.36. The van der Waals surface area contributed by atoms with Crippen molar-refractivity contribution in [2.24, 2.45) is 0 Å². The van der Waals surface area contributed by atoms with Gasteiger partial charge in [-0.25, -0.2) is 0 Å². The van der Waals surface area contributed by atoms with Gasteiger partial charge in [0.15, 0.2) is 5.75 Å². The lowest BCUT2D eigenvalue weighted by Crippen LogP contribution is -2.04. The van der Waals surface area contributed by atoms with Gasteiger partial charge in [-0.05, 0) is 12.1 Å². The van der Waals surface area contributed by atoms with Gasteiger partial charge in [-0.3, -0.25) is 0 Å². The molecule has 0 aromatic heterocycles. The van der Waals surface area contributed by atoms with Crippen LogP contribution in [0.15, 0.2) is 12.1 Å². The molecule has 1 N–H and O–H groups in total. The average Bonchev–Trinajstić information content (AvgIpc) is 2.20. The van der Waals surface area contributed by atoms with Crippen LogP contribution in [-0.2, 0) is 0 Å². The van der Waals surface area contributed by atoms with Crippen LogP contribution in [0.3, 0.4) is 0 Å². The molecule has 0 unspecified atom stereocenters. The zero-order chi connectivity index (χ0) is 12.1. The summed E-state index contributed by atoms with van der Waals surface area (Å²) >= 11 is 11.4. The Bertz CT molecular complexity index is 395. The first kappa shape index (κ1) is 12.9. The molecule has 1 rings (SSSR count). The van der Waals surface area contributed by atoms with Gasteiger partial charge in [-0.1, -0.05) is 29.1 Å². The molecular weight excluding hydrogens is 259 g/mol. The van der Waals surface area contributed by atoms with Crippen molar-refractivity contribution in [1.82, 2.24) is 0 Å². The maximum Gasteiger partial charge on any atom is 0.387 e. The monoisotopic (exact) mass is 265 g/mol. The zero-order valence-corrected chi connectivity index (χ0v) is 9.45. The first-order valence-electron chi connectivity index (χ1n) is 4.15. The zero-order valence-electron chi connectivity index (χ0n) is 7.94. The number of rotatable bonds is 4. The summed E-state index contributed by atoms with van der Waals surface area (Å²) in [6.45, 7) is -2.69. The van der Waals surface area contributed by atoms with Crippen LogP contribution in [-0.4, -0.2) is 13.2 Å². The van der Waals surface area contributed by atoms with E-state index >= 15 is 0 Å². The Hall–Kier alpha value is -1.18. The summed E-state index contributed by atoms with van der Waals surface area (Å²) in [5, 5.41) is 2.79. The molecule has 0 heterocycles. The molecule has 0 saturated carbocycles. The van der Waals surface area contributed by atoms with Crippen LogP contribution in [0.25, 0.3) is 0 Å². The van der Waals surface area contributed by atoms with Crippen molar-refractivity contribution >= 4 is 28.9 Å². The predicted octanol–water partition coefficient (Wildman–Crippen LogP) is 3.64. The lowest BCUT2D eigenvalue weighted by Gasteiger charge is -2.11. The van der Waals surface area contributed by atoms with Crippen molar-refractivity contribution in [3.05, 3.63) is 22.2 Å². The quantitative estimate of drug-likeness (QED) is 0.840. The first-order chi connectivity index (χ1) is 7.54. The average molecular weight is 266 g/mol. The van der Waals surface area contributed by atoms with E-state index in [2.05, 4.69) is 16.0 Å². The number of terminal acetylenes is 1. The van der Waals surface area contributed by atoms with E-state index in [0.717, 1.165) is 0 Å². The van der Waals surface area contributed by atoms with E-state index < -0.39 is 6.61 Å². The molecule has 0 aliphatic heterocycles. The van der Waals surface area contributed by atoms with E-state index in [1.54, 1.807) is 0 Å². The summed E-state index contributed by atoms with van der Waals surface area (Å²) in [6.07, 6.45) is 5.05. The lowest BCUT2D eigenvalue weighted by molar-refractivity contribution is -0.0497. The number of ether oxygens (including phenoxy) is 1. The molecule has 0 spiro atoms. The number of nitrogens with one attached hydrogen (secondary N) is 1. The minimum absolute atomic E-state index is 0.00711. The largest absolute Gasteiger partial charge is 0.432 e. The Kier molecular flexibility index (Phi) is 4.66. The van der Waals surface area contributed by atoms with Gasteiger partial charge >= 0.3 is 6.61 Å². The SMILES string of the molecule is C#CCNc1cc(Cl)c(OC(F)F)c(Cl)c1. The van der Waals surface area contributed by atoms with Crippen molar-refractivity contribution in [2.75, 3.05) is 11.9 Å². The van der Waals surface area contributed by atoms with Crippen LogP contribution < -0.4 is 10.1 Å². The van der Waals surface area contributed by atoms with Gasteiger partial charge in [0.25, 0.3) is 0 Å². The van der Waals surface area contributed by atoms with Crippen LogP contribution in [0, 0.1) is 12.3 Å². The smallest absolute Gasteiger partial charge is 0.387 e. The Labute approximate surface area is 101 Å². The summed E-state index contributed by atoms with van der Waals surface area (Å²) in [6, 6.07) is 2.81. The topological polar surface area (TPSA) is 21.3 Å². The Morgan fingerprint density at radius 3 is 2.38 bits per heavy atom. The van der Waals surface area contributed by atoms with Crippen LogP contribution >= 0.6 is 23.2 Å². The second-order valence-electron chi connectivity index (χ2n) is 2.71. The number of alkyl halides is 2. The minimum atomic E-state index is -2.97. The van der Waals surface area contributed by atoms with E-state index in [4.69, 9.17) is 29.6 Å². The maximum atomic E-state index is 12.0. The maximum absolute atomic E-state index is 12.0. The van der Waals surface area contributed by atoms with Gasteiger partial charge in [0.05, 0.1) is 16.6 Å². The first-order valence-corrected chi connectivity index (χ1v) is 4.91. The van der Waals surface area contributed by atoms with E-state index in [1.807, 2.05) is 0 Å². The summed E-state index contributed by atoms with van der Waals surface area (Å²) in [4.78, 5) is 0. The third-order valence-corrected chi connectivity index (χ3v) is 2.16. The van der Waals surface area contributed by atoms with Gasteiger partial charge < -0.3 is 10.1 Å². The normalized spacial score (nSPS) is 10.0. The summed E-state index contributed by atoms with van der Waals surface area (Å²) < 4.78 is 28.2. The van der Waals surface area contributed by atoms with Crippen LogP contribution in [0.1, 0.15) is 0 Å². The predicted molar refractivity (Wildman–Crippen MR) is 60.4 cm³/mol. The highest BCUT2D eigenvalue weighted by atomic mass is 35.5. The molecule has 1 aromatic rings. The van der Waals surface area contributed by atoms with E-state index in [1.165, 1.54) is 12.1 Å². The van der Waals surface area contributed by atoms with Crippen molar-refractivity contribution in [3.63, 3.8) is 0 Å². The summed E-state index contributed by atoms with van der Waals surface area (Å²) in [5.74, 6) is 2.11. The Balaban J connectivity index is 2.94. The lowest BCUT2D eigenvalue weighted by atomic mass is 10.3. The Morgan fingerprint density at radius 2 is 1.94 bits per heavy atom. The van der Waals surface area contributed by atoms with Crippen molar-refractivity contribution in [2.45, 2.75) is 6.61 Å². The number of halogens is 4. The number of anilines is 1. The molecule has 0 amide bonds. The standard InChI is InChI=1S/C10H7Cl2F2NO/c1-2-3-15-6-4-7(11)9(8(12)5-6)16-10(13)14/h1,4-5,10,15H,3H2. The van der Waals surface area contributed by atoms with E-state index in [-0.39, 0.29) is 22.3 Å². The van der Waals surface area contributed by atoms with Gasteiger partial charge in [-0.2, -0.15) is 8.78 Å². The molecule has 86 valence electrons. The van der Waals surface area contributed by atoms with Crippen LogP contribution in [0.5, 0.6) is 5.75 Å². The van der Waals surface area contributed by atoms with Crippen LogP contribution in [0.2, 0.25) is 10.0 Å². The summed E-state index contributed by atoms with van der Waals surface area (Å²) in [7, 11) is 0. The molecular formula is C10H7Cl2F2NO. The molecule has 0 fully saturated rings. The molecule has 6 heteroatoms. The molecule has 0 saturated heterocycles.